The molecule has 0 unspecified atom stereocenters. The van der Waals surface area contributed by atoms with Gasteiger partial charge in [-0.3, -0.25) is 4.79 Å². The normalized spacial score (nSPS) is 10.2. The molecular formula is C17H17BrN2O2. The summed E-state index contributed by atoms with van der Waals surface area (Å²) in [6, 6.07) is 13.9. The Morgan fingerprint density at radius 2 is 1.86 bits per heavy atom. The van der Waals surface area contributed by atoms with Crippen molar-refractivity contribution in [1.29, 1.82) is 0 Å². The molecule has 2 aromatic heterocycles. The van der Waals surface area contributed by atoms with E-state index in [4.69, 9.17) is 4.74 Å². The van der Waals surface area contributed by atoms with Crippen LogP contribution in [0.5, 0.6) is 0 Å². The number of carbonyl (C=O) groups is 1. The zero-order chi connectivity index (χ0) is 14.7. The number of rotatable bonds is 4. The molecule has 0 fully saturated rings. The van der Waals surface area contributed by atoms with Gasteiger partial charge in [0, 0.05) is 5.39 Å². The van der Waals surface area contributed by atoms with Gasteiger partial charge in [-0.25, -0.2) is 9.55 Å². The fraction of sp³-hybridized carbons (Fsp3) is 0.176. The fourth-order valence-corrected chi connectivity index (χ4v) is 2.49. The summed E-state index contributed by atoms with van der Waals surface area (Å²) in [5.74, 6) is 0.699. The monoisotopic (exact) mass is 360 g/mol. The first-order chi connectivity index (χ1) is 10.3. The maximum atomic E-state index is 11.9. The van der Waals surface area contributed by atoms with E-state index in [1.54, 1.807) is 0 Å². The first-order valence-electron chi connectivity index (χ1n) is 7.01. The lowest BCUT2D eigenvalue weighted by molar-refractivity contribution is -0.599. The summed E-state index contributed by atoms with van der Waals surface area (Å²) in [7, 11) is 0. The number of hydrogen-bond donors (Lipinski definition) is 1. The molecule has 0 atom stereocenters. The number of H-pyrrole nitrogens is 1. The number of pyridine rings is 1. The number of nitrogens with one attached hydrogen (secondary N) is 1. The van der Waals surface area contributed by atoms with Gasteiger partial charge in [0.05, 0.1) is 31.0 Å². The number of esters is 1. The van der Waals surface area contributed by atoms with Gasteiger partial charge in [0.1, 0.15) is 5.52 Å². The Morgan fingerprint density at radius 1 is 1.14 bits per heavy atom. The molecule has 1 aromatic carbocycles. The third-order valence-electron chi connectivity index (χ3n) is 3.39. The predicted molar refractivity (Wildman–Crippen MR) is 80.2 cm³/mol. The van der Waals surface area contributed by atoms with Crippen LogP contribution in [0, 0.1) is 0 Å². The Kier molecular flexibility index (Phi) is 5.33. The van der Waals surface area contributed by atoms with Gasteiger partial charge in [0.2, 0.25) is 0 Å². The van der Waals surface area contributed by atoms with E-state index < -0.39 is 0 Å². The molecular weight excluding hydrogens is 344 g/mol. The predicted octanol–water partition coefficient (Wildman–Crippen LogP) is -0.446. The molecule has 5 heteroatoms. The Morgan fingerprint density at radius 3 is 2.59 bits per heavy atom. The molecule has 0 aliphatic rings. The summed E-state index contributed by atoms with van der Waals surface area (Å²) in [5, 5.41) is 1.05. The van der Waals surface area contributed by atoms with Crippen molar-refractivity contribution in [2.45, 2.75) is 13.3 Å². The van der Waals surface area contributed by atoms with Crippen LogP contribution in [0.2, 0.25) is 0 Å². The first kappa shape index (κ1) is 16.2. The fourth-order valence-electron chi connectivity index (χ4n) is 2.49. The highest BCUT2D eigenvalue weighted by molar-refractivity contribution is 5.89. The van der Waals surface area contributed by atoms with Crippen molar-refractivity contribution in [3.05, 3.63) is 60.4 Å². The van der Waals surface area contributed by atoms with E-state index in [1.807, 2.05) is 66.3 Å². The number of benzene rings is 1. The number of hydrogen-bond acceptors (Lipinski definition) is 2. The number of fused-ring (bicyclic) bond motifs is 1. The van der Waals surface area contributed by atoms with Crippen LogP contribution < -0.4 is 21.5 Å². The van der Waals surface area contributed by atoms with Gasteiger partial charge in [0.25, 0.3) is 5.82 Å². The van der Waals surface area contributed by atoms with Crippen LogP contribution in [-0.2, 0) is 16.0 Å². The average Bonchev–Trinajstić information content (AvgIpc) is 2.87. The van der Waals surface area contributed by atoms with Crippen LogP contribution in [0.3, 0.4) is 0 Å². The molecule has 1 N–H and O–H groups in total. The summed E-state index contributed by atoms with van der Waals surface area (Å²) in [6.07, 6.45) is 4.17. The van der Waals surface area contributed by atoms with Gasteiger partial charge < -0.3 is 21.7 Å². The summed E-state index contributed by atoms with van der Waals surface area (Å²) < 4.78 is 7.07. The van der Waals surface area contributed by atoms with Gasteiger partial charge in [-0.1, -0.05) is 24.3 Å². The molecule has 0 amide bonds. The second kappa shape index (κ2) is 7.22. The van der Waals surface area contributed by atoms with E-state index in [-0.39, 0.29) is 29.4 Å². The Hall–Kier alpha value is -2.14. The van der Waals surface area contributed by atoms with E-state index in [1.165, 1.54) is 0 Å². The zero-order valence-electron chi connectivity index (χ0n) is 12.3. The van der Waals surface area contributed by atoms with Crippen LogP contribution in [0.4, 0.5) is 0 Å². The molecule has 0 spiro atoms. The number of para-hydroxylation sites is 1. The molecule has 0 bridgehead atoms. The number of nitrogens with zero attached hydrogens (tertiary/aromatic N) is 1. The summed E-state index contributed by atoms with van der Waals surface area (Å²) in [4.78, 5) is 15.3. The second-order valence-electron chi connectivity index (χ2n) is 4.76. The second-order valence-corrected chi connectivity index (χ2v) is 4.76. The highest BCUT2D eigenvalue weighted by atomic mass is 79.9. The van der Waals surface area contributed by atoms with Crippen molar-refractivity contribution in [3.63, 3.8) is 0 Å². The third-order valence-corrected chi connectivity index (χ3v) is 3.39. The third kappa shape index (κ3) is 3.20. The summed E-state index contributed by atoms with van der Waals surface area (Å²) >= 11 is 0. The number of aromatic nitrogens is 2. The van der Waals surface area contributed by atoms with Crippen molar-refractivity contribution >= 4 is 16.9 Å². The molecule has 0 saturated heterocycles. The van der Waals surface area contributed by atoms with Gasteiger partial charge in [-0.2, -0.15) is 0 Å². The van der Waals surface area contributed by atoms with E-state index in [9.17, 15) is 4.79 Å². The van der Waals surface area contributed by atoms with Gasteiger partial charge in [0.15, 0.2) is 0 Å². The van der Waals surface area contributed by atoms with Crippen molar-refractivity contribution in [3.8, 4) is 5.82 Å². The SMILES string of the molecule is CCOC(=O)Cc1c(-[n+]2ccccc2)[nH]c2ccccc12.[Br-]. The minimum Gasteiger partial charge on any atom is -1.00 e. The molecule has 22 heavy (non-hydrogen) atoms. The van der Waals surface area contributed by atoms with Crippen LogP contribution in [0.1, 0.15) is 12.5 Å². The maximum absolute atomic E-state index is 11.9. The van der Waals surface area contributed by atoms with Crippen molar-refractivity contribution < 1.29 is 31.1 Å². The minimum absolute atomic E-state index is 0. The molecule has 3 aromatic rings. The van der Waals surface area contributed by atoms with Gasteiger partial charge in [-0.15, -0.1) is 0 Å². The minimum atomic E-state index is -0.208. The standard InChI is InChI=1S/C17H17N2O2.BrH/c1-2-21-16(20)12-14-13-8-4-5-9-15(13)18-17(14)19-10-6-3-7-11-19;/h3-11,18H,2,12H2,1H3;1H/q+1;/p-1. The van der Waals surface area contributed by atoms with Crippen LogP contribution >= 0.6 is 0 Å². The quantitative estimate of drug-likeness (QED) is 0.506. The van der Waals surface area contributed by atoms with Gasteiger partial charge >= 0.3 is 5.97 Å². The lowest BCUT2D eigenvalue weighted by atomic mass is 10.1. The molecule has 2 heterocycles. The summed E-state index contributed by atoms with van der Waals surface area (Å²) in [5.41, 5.74) is 1.98. The molecule has 0 aliphatic heterocycles. The molecule has 0 radical (unpaired) electrons. The molecule has 4 nitrogen and oxygen atoms in total. The smallest absolute Gasteiger partial charge is 0.310 e. The number of ether oxygens (including phenoxy) is 1. The van der Waals surface area contributed by atoms with E-state index in [0.29, 0.717) is 6.61 Å². The number of carbonyl (C=O) groups excluding carboxylic acids is 1. The molecule has 3 rings (SSSR count). The van der Waals surface area contributed by atoms with Gasteiger partial charge in [-0.05, 0) is 25.1 Å². The Bertz CT molecular complexity index is 769. The zero-order valence-corrected chi connectivity index (χ0v) is 13.8. The summed E-state index contributed by atoms with van der Waals surface area (Å²) in [6.45, 7) is 2.22. The lowest BCUT2D eigenvalue weighted by Crippen LogP contribution is -3.00. The topological polar surface area (TPSA) is 46.0 Å². The van der Waals surface area contributed by atoms with Crippen LogP contribution in [0.25, 0.3) is 16.7 Å². The van der Waals surface area contributed by atoms with E-state index in [2.05, 4.69) is 4.98 Å². The maximum Gasteiger partial charge on any atom is 0.310 e. The molecule has 114 valence electrons. The number of halogens is 1. The number of aromatic amines is 1. The van der Waals surface area contributed by atoms with Crippen molar-refractivity contribution in [1.82, 2.24) is 4.98 Å². The van der Waals surface area contributed by atoms with E-state index >= 15 is 0 Å². The average molecular weight is 361 g/mol. The van der Waals surface area contributed by atoms with Crippen LogP contribution in [0.15, 0.2) is 54.9 Å². The Balaban J connectivity index is 0.00000176. The lowest BCUT2D eigenvalue weighted by Gasteiger charge is -2.02. The Labute approximate surface area is 139 Å². The first-order valence-corrected chi connectivity index (χ1v) is 7.01. The van der Waals surface area contributed by atoms with Crippen molar-refractivity contribution in [2.75, 3.05) is 6.61 Å². The van der Waals surface area contributed by atoms with Crippen molar-refractivity contribution in [2.24, 2.45) is 0 Å². The highest BCUT2D eigenvalue weighted by Gasteiger charge is 2.22. The van der Waals surface area contributed by atoms with E-state index in [0.717, 1.165) is 22.3 Å². The van der Waals surface area contributed by atoms with Crippen LogP contribution in [-0.4, -0.2) is 17.6 Å². The largest absolute Gasteiger partial charge is 1.00 e. The highest BCUT2D eigenvalue weighted by Crippen LogP contribution is 2.23. The molecule has 0 saturated carbocycles. The molecule has 0 aliphatic carbocycles.